The minimum Gasteiger partial charge on any atom is -0.493 e. The van der Waals surface area contributed by atoms with Gasteiger partial charge in [-0.1, -0.05) is 36.4 Å². The van der Waals surface area contributed by atoms with Gasteiger partial charge in [0.05, 0.1) is 19.8 Å². The molecule has 2 aromatic carbocycles. The lowest BCUT2D eigenvalue weighted by Gasteiger charge is -2.22. The molecule has 1 saturated heterocycles. The van der Waals surface area contributed by atoms with Crippen LogP contribution in [0.25, 0.3) is 0 Å². The number of nitrogens with one attached hydrogen (secondary N) is 1. The maximum absolute atomic E-state index is 13.1. The molecule has 2 aliphatic heterocycles. The number of carbonyl (C=O) groups excluding carboxylic acids is 2. The number of fused-ring (bicyclic) bond motifs is 3. The molecule has 2 atom stereocenters. The Balaban J connectivity index is 1.49. The van der Waals surface area contributed by atoms with Crippen molar-refractivity contribution in [1.82, 2.24) is 10.2 Å². The standard InChI is InChI=1S/C21H22N2O4S/c1-26-16-9-8-14-17(18(16)27-2)20(25)23-15(12-28-21(14)23)19(24)22-11-10-13-6-4-3-5-7-13/h3-9,15,21H,10-12H2,1-2H3,(H,22,24)/t15-,21+/m0/s1. The van der Waals surface area contributed by atoms with Crippen molar-refractivity contribution in [3.05, 3.63) is 59.2 Å². The number of nitrogens with zero attached hydrogens (tertiary/aromatic N) is 1. The van der Waals surface area contributed by atoms with Crippen LogP contribution in [-0.2, 0) is 11.2 Å². The van der Waals surface area contributed by atoms with E-state index in [0.717, 1.165) is 12.0 Å². The van der Waals surface area contributed by atoms with Gasteiger partial charge in [0.1, 0.15) is 11.4 Å². The van der Waals surface area contributed by atoms with Gasteiger partial charge in [0.2, 0.25) is 5.91 Å². The summed E-state index contributed by atoms with van der Waals surface area (Å²) in [5.41, 5.74) is 2.55. The first-order valence-electron chi connectivity index (χ1n) is 9.16. The molecule has 0 radical (unpaired) electrons. The van der Waals surface area contributed by atoms with E-state index in [4.69, 9.17) is 9.47 Å². The van der Waals surface area contributed by atoms with Crippen LogP contribution in [0.15, 0.2) is 42.5 Å². The molecule has 2 aromatic rings. The molecule has 0 aromatic heterocycles. The molecule has 0 spiro atoms. The van der Waals surface area contributed by atoms with Gasteiger partial charge in [-0.05, 0) is 18.1 Å². The highest BCUT2D eigenvalue weighted by Gasteiger charge is 2.50. The normalized spacial score (nSPS) is 19.9. The first kappa shape index (κ1) is 18.7. The molecule has 0 saturated carbocycles. The Hall–Kier alpha value is -2.67. The Kier molecular flexibility index (Phi) is 5.17. The summed E-state index contributed by atoms with van der Waals surface area (Å²) in [6, 6.07) is 13.2. The number of benzene rings is 2. The largest absolute Gasteiger partial charge is 0.493 e. The van der Waals surface area contributed by atoms with Crippen LogP contribution in [0.1, 0.15) is 26.9 Å². The molecule has 0 unspecified atom stereocenters. The van der Waals surface area contributed by atoms with Crippen molar-refractivity contribution in [2.75, 3.05) is 26.5 Å². The molecule has 1 fully saturated rings. The highest BCUT2D eigenvalue weighted by atomic mass is 32.2. The number of hydrogen-bond acceptors (Lipinski definition) is 5. The van der Waals surface area contributed by atoms with Crippen LogP contribution < -0.4 is 14.8 Å². The average Bonchev–Trinajstić information content (AvgIpc) is 3.28. The number of ether oxygens (including phenoxy) is 2. The van der Waals surface area contributed by atoms with Crippen molar-refractivity contribution in [1.29, 1.82) is 0 Å². The number of carbonyl (C=O) groups is 2. The zero-order chi connectivity index (χ0) is 19.7. The van der Waals surface area contributed by atoms with E-state index >= 15 is 0 Å². The molecule has 146 valence electrons. The fourth-order valence-corrected chi connectivity index (χ4v) is 5.24. The first-order valence-corrected chi connectivity index (χ1v) is 10.2. The van der Waals surface area contributed by atoms with Gasteiger partial charge in [0.15, 0.2) is 11.5 Å². The third kappa shape index (κ3) is 3.09. The summed E-state index contributed by atoms with van der Waals surface area (Å²) < 4.78 is 10.8. The SMILES string of the molecule is COc1ccc2c(c1OC)C(=O)N1[C@@H]2SC[C@H]1C(=O)NCCc1ccccc1. The average molecular weight is 398 g/mol. The Morgan fingerprint density at radius 2 is 1.96 bits per heavy atom. The Bertz CT molecular complexity index is 903. The zero-order valence-corrected chi connectivity index (χ0v) is 16.6. The molecule has 2 amide bonds. The van der Waals surface area contributed by atoms with Crippen LogP contribution in [0, 0.1) is 0 Å². The molecule has 0 bridgehead atoms. The molecule has 7 heteroatoms. The maximum atomic E-state index is 13.1. The van der Waals surface area contributed by atoms with Crippen LogP contribution in [0.3, 0.4) is 0 Å². The van der Waals surface area contributed by atoms with Gasteiger partial charge in [0.25, 0.3) is 5.91 Å². The van der Waals surface area contributed by atoms with Crippen LogP contribution in [0.2, 0.25) is 0 Å². The number of thioether (sulfide) groups is 1. The molecule has 1 N–H and O–H groups in total. The summed E-state index contributed by atoms with van der Waals surface area (Å²) >= 11 is 1.61. The lowest BCUT2D eigenvalue weighted by atomic mass is 10.1. The van der Waals surface area contributed by atoms with E-state index in [0.29, 0.717) is 29.4 Å². The quantitative estimate of drug-likeness (QED) is 0.810. The topological polar surface area (TPSA) is 67.9 Å². The third-order valence-corrected chi connectivity index (χ3v) is 6.46. The molecule has 28 heavy (non-hydrogen) atoms. The summed E-state index contributed by atoms with van der Waals surface area (Å²) in [6.45, 7) is 0.542. The smallest absolute Gasteiger partial charge is 0.260 e. The van der Waals surface area contributed by atoms with E-state index in [1.165, 1.54) is 12.7 Å². The highest BCUT2D eigenvalue weighted by molar-refractivity contribution is 7.99. The van der Waals surface area contributed by atoms with Gasteiger partial charge in [0, 0.05) is 17.9 Å². The zero-order valence-electron chi connectivity index (χ0n) is 15.8. The second-order valence-electron chi connectivity index (χ2n) is 6.71. The van der Waals surface area contributed by atoms with E-state index in [1.54, 1.807) is 23.8 Å². The first-order chi connectivity index (χ1) is 13.7. The van der Waals surface area contributed by atoms with Crippen molar-refractivity contribution >= 4 is 23.6 Å². The predicted octanol–water partition coefficient (Wildman–Crippen LogP) is 2.63. The fourth-order valence-electron chi connectivity index (χ4n) is 3.79. The van der Waals surface area contributed by atoms with E-state index in [2.05, 4.69) is 5.32 Å². The maximum Gasteiger partial charge on any atom is 0.260 e. The molecule has 6 nitrogen and oxygen atoms in total. The van der Waals surface area contributed by atoms with Crippen LogP contribution in [0.5, 0.6) is 11.5 Å². The van der Waals surface area contributed by atoms with Crippen molar-refractivity contribution in [2.24, 2.45) is 0 Å². The van der Waals surface area contributed by atoms with Crippen molar-refractivity contribution in [2.45, 2.75) is 17.8 Å². The Morgan fingerprint density at radius 3 is 2.68 bits per heavy atom. The minimum absolute atomic E-state index is 0.113. The summed E-state index contributed by atoms with van der Waals surface area (Å²) in [7, 11) is 3.07. The number of amides is 2. The summed E-state index contributed by atoms with van der Waals surface area (Å²) in [6.07, 6.45) is 0.759. The second-order valence-corrected chi connectivity index (χ2v) is 7.82. The van der Waals surface area contributed by atoms with Crippen LogP contribution in [-0.4, -0.2) is 49.3 Å². The van der Waals surface area contributed by atoms with E-state index < -0.39 is 6.04 Å². The van der Waals surface area contributed by atoms with Gasteiger partial charge < -0.3 is 19.7 Å². The summed E-state index contributed by atoms with van der Waals surface area (Å²) in [4.78, 5) is 27.6. The molecular weight excluding hydrogens is 376 g/mol. The number of rotatable bonds is 6. The molecule has 0 aliphatic carbocycles. The van der Waals surface area contributed by atoms with E-state index in [9.17, 15) is 9.59 Å². The van der Waals surface area contributed by atoms with Gasteiger partial charge in [-0.2, -0.15) is 0 Å². The monoisotopic (exact) mass is 398 g/mol. The highest BCUT2D eigenvalue weighted by Crippen LogP contribution is 2.52. The van der Waals surface area contributed by atoms with Crippen LogP contribution in [0.4, 0.5) is 0 Å². The van der Waals surface area contributed by atoms with E-state index in [-0.39, 0.29) is 17.2 Å². The lowest BCUT2D eigenvalue weighted by Crippen LogP contribution is -2.46. The number of hydrogen-bond donors (Lipinski definition) is 1. The molecule has 2 aliphatic rings. The third-order valence-electron chi connectivity index (χ3n) is 5.15. The molecule has 4 rings (SSSR count). The van der Waals surface area contributed by atoms with Crippen molar-refractivity contribution < 1.29 is 19.1 Å². The van der Waals surface area contributed by atoms with Gasteiger partial charge in [-0.15, -0.1) is 11.8 Å². The Morgan fingerprint density at radius 1 is 1.18 bits per heavy atom. The van der Waals surface area contributed by atoms with Gasteiger partial charge in [-0.3, -0.25) is 9.59 Å². The second kappa shape index (κ2) is 7.75. The predicted molar refractivity (Wildman–Crippen MR) is 108 cm³/mol. The van der Waals surface area contributed by atoms with E-state index in [1.807, 2.05) is 42.5 Å². The van der Waals surface area contributed by atoms with Crippen molar-refractivity contribution in [3.63, 3.8) is 0 Å². The molecular formula is C21H22N2O4S. The van der Waals surface area contributed by atoms with Gasteiger partial charge in [-0.25, -0.2) is 0 Å². The molecule has 2 heterocycles. The van der Waals surface area contributed by atoms with Gasteiger partial charge >= 0.3 is 0 Å². The van der Waals surface area contributed by atoms with Crippen molar-refractivity contribution in [3.8, 4) is 11.5 Å². The Labute approximate surface area is 168 Å². The fraction of sp³-hybridized carbons (Fsp3) is 0.333. The lowest BCUT2D eigenvalue weighted by molar-refractivity contribution is -0.124. The number of methoxy groups -OCH3 is 2. The minimum atomic E-state index is -0.485. The van der Waals surface area contributed by atoms with Crippen LogP contribution >= 0.6 is 11.8 Å². The summed E-state index contributed by atoms with van der Waals surface area (Å²) in [5.74, 6) is 1.25. The summed E-state index contributed by atoms with van der Waals surface area (Å²) in [5, 5.41) is 2.82.